The number of benzene rings is 1. The van der Waals surface area contributed by atoms with Crippen molar-refractivity contribution < 1.29 is 14.3 Å². The van der Waals surface area contributed by atoms with Crippen molar-refractivity contribution in [3.05, 3.63) is 51.4 Å². The average molecular weight is 385 g/mol. The topological polar surface area (TPSA) is 82.5 Å². The second-order valence-electron chi connectivity index (χ2n) is 6.88. The molecule has 3 rings (SSSR count). The third-order valence-corrected chi connectivity index (χ3v) is 4.90. The fourth-order valence-electron chi connectivity index (χ4n) is 3.45. The molecule has 1 aliphatic rings. The van der Waals surface area contributed by atoms with Crippen molar-refractivity contribution in [2.45, 2.75) is 39.7 Å². The summed E-state index contributed by atoms with van der Waals surface area (Å²) in [5.41, 5.74) is 2.61. The third kappa shape index (κ3) is 4.52. The first-order valence-electron chi connectivity index (χ1n) is 9.74. The second-order valence-corrected chi connectivity index (χ2v) is 6.88. The van der Waals surface area contributed by atoms with Crippen molar-refractivity contribution in [3.8, 4) is 11.5 Å². The first kappa shape index (κ1) is 19.9. The molecule has 0 spiro atoms. The Morgan fingerprint density at radius 2 is 1.96 bits per heavy atom. The first-order valence-corrected chi connectivity index (χ1v) is 9.74. The highest BCUT2D eigenvalue weighted by Crippen LogP contribution is 2.29. The van der Waals surface area contributed by atoms with Crippen molar-refractivity contribution in [1.29, 1.82) is 0 Å². The number of aryl methyl sites for hydroxylation is 2. The smallest absolute Gasteiger partial charge is 0.266 e. The Bertz CT molecular complexity index is 907. The standard InChI is InChI=1S/C21H27N3O4/c1-4-27-18-9-6-14(10-19(18)28-5-2)13-22-21(26)15-7-8-17-16(11-15)12-20(25)24(3)23-17/h6,9-10,12,15H,4-5,7-8,11,13H2,1-3H3,(H,22,26)/t15-/m0/s1. The van der Waals surface area contributed by atoms with Crippen LogP contribution in [0.4, 0.5) is 0 Å². The zero-order valence-electron chi connectivity index (χ0n) is 16.7. The Morgan fingerprint density at radius 3 is 2.71 bits per heavy atom. The molecule has 150 valence electrons. The van der Waals surface area contributed by atoms with Gasteiger partial charge in [-0.25, -0.2) is 4.68 Å². The van der Waals surface area contributed by atoms with E-state index in [4.69, 9.17) is 9.47 Å². The molecule has 1 N–H and O–H groups in total. The van der Waals surface area contributed by atoms with Gasteiger partial charge in [0.25, 0.3) is 5.56 Å². The number of ether oxygens (including phenoxy) is 2. The molecule has 0 aliphatic heterocycles. The Kier molecular flexibility index (Phi) is 6.34. The van der Waals surface area contributed by atoms with Gasteiger partial charge in [0, 0.05) is 25.6 Å². The van der Waals surface area contributed by atoms with Gasteiger partial charge >= 0.3 is 0 Å². The van der Waals surface area contributed by atoms with Crippen LogP contribution in [0.2, 0.25) is 0 Å². The number of amides is 1. The molecule has 0 saturated carbocycles. The number of fused-ring (bicyclic) bond motifs is 1. The minimum atomic E-state index is -0.143. The molecule has 0 unspecified atom stereocenters. The molecule has 0 bridgehead atoms. The van der Waals surface area contributed by atoms with Crippen LogP contribution in [0.3, 0.4) is 0 Å². The van der Waals surface area contributed by atoms with Crippen molar-refractivity contribution >= 4 is 5.91 Å². The van der Waals surface area contributed by atoms with E-state index >= 15 is 0 Å². The lowest BCUT2D eigenvalue weighted by molar-refractivity contribution is -0.125. The molecule has 2 aromatic rings. The van der Waals surface area contributed by atoms with Crippen LogP contribution in [0.1, 0.15) is 37.1 Å². The molecule has 1 aliphatic carbocycles. The second kappa shape index (κ2) is 8.91. The SMILES string of the molecule is CCOc1ccc(CNC(=O)[C@H]2CCc3nn(C)c(=O)cc3C2)cc1OCC. The number of carbonyl (C=O) groups is 1. The summed E-state index contributed by atoms with van der Waals surface area (Å²) in [6.45, 7) is 5.39. The Balaban J connectivity index is 1.63. The maximum absolute atomic E-state index is 12.6. The Morgan fingerprint density at radius 1 is 1.21 bits per heavy atom. The molecule has 7 nitrogen and oxygen atoms in total. The molecule has 0 radical (unpaired) electrons. The normalized spacial score (nSPS) is 15.6. The van der Waals surface area contributed by atoms with Crippen LogP contribution in [-0.2, 0) is 31.2 Å². The summed E-state index contributed by atoms with van der Waals surface area (Å²) in [6.07, 6.45) is 1.99. The highest BCUT2D eigenvalue weighted by atomic mass is 16.5. The van der Waals surface area contributed by atoms with E-state index in [2.05, 4.69) is 10.4 Å². The summed E-state index contributed by atoms with van der Waals surface area (Å²) in [4.78, 5) is 24.5. The lowest BCUT2D eigenvalue weighted by atomic mass is 9.86. The van der Waals surface area contributed by atoms with E-state index in [1.54, 1.807) is 13.1 Å². The lowest BCUT2D eigenvalue weighted by Gasteiger charge is -2.23. The highest BCUT2D eigenvalue weighted by Gasteiger charge is 2.26. The quantitative estimate of drug-likeness (QED) is 0.788. The average Bonchev–Trinajstić information content (AvgIpc) is 2.68. The van der Waals surface area contributed by atoms with Crippen molar-refractivity contribution in [2.24, 2.45) is 13.0 Å². The predicted octanol–water partition coefficient (Wildman–Crippen LogP) is 2.00. The molecular weight excluding hydrogens is 358 g/mol. The van der Waals surface area contributed by atoms with Crippen LogP contribution in [0, 0.1) is 5.92 Å². The summed E-state index contributed by atoms with van der Waals surface area (Å²) >= 11 is 0. The number of nitrogens with zero attached hydrogens (tertiary/aromatic N) is 2. The summed E-state index contributed by atoms with van der Waals surface area (Å²) in [5, 5.41) is 7.30. The van der Waals surface area contributed by atoms with Crippen LogP contribution in [0.25, 0.3) is 0 Å². The highest BCUT2D eigenvalue weighted by molar-refractivity contribution is 5.79. The van der Waals surface area contributed by atoms with Gasteiger partial charge in [0.05, 0.1) is 18.9 Å². The van der Waals surface area contributed by atoms with E-state index in [1.807, 2.05) is 32.0 Å². The van der Waals surface area contributed by atoms with E-state index in [1.165, 1.54) is 4.68 Å². The van der Waals surface area contributed by atoms with Crippen molar-refractivity contribution in [3.63, 3.8) is 0 Å². The predicted molar refractivity (Wildman–Crippen MR) is 106 cm³/mol. The molecule has 1 amide bonds. The molecule has 1 aromatic heterocycles. The summed E-state index contributed by atoms with van der Waals surface area (Å²) < 4.78 is 12.6. The fourth-order valence-corrected chi connectivity index (χ4v) is 3.45. The zero-order valence-corrected chi connectivity index (χ0v) is 16.7. The van der Waals surface area contributed by atoms with Gasteiger partial charge in [-0.2, -0.15) is 5.10 Å². The van der Waals surface area contributed by atoms with E-state index in [9.17, 15) is 9.59 Å². The Hall–Kier alpha value is -2.83. The van der Waals surface area contributed by atoms with Crippen LogP contribution in [0.15, 0.2) is 29.1 Å². The minimum Gasteiger partial charge on any atom is -0.490 e. The maximum Gasteiger partial charge on any atom is 0.266 e. The zero-order chi connectivity index (χ0) is 20.1. The van der Waals surface area contributed by atoms with Crippen LogP contribution in [-0.4, -0.2) is 28.9 Å². The minimum absolute atomic E-state index is 0.00169. The Labute approximate surface area is 164 Å². The van der Waals surface area contributed by atoms with Crippen LogP contribution in [0.5, 0.6) is 11.5 Å². The van der Waals surface area contributed by atoms with Crippen molar-refractivity contribution in [1.82, 2.24) is 15.1 Å². The number of aromatic nitrogens is 2. The van der Waals surface area contributed by atoms with Gasteiger partial charge < -0.3 is 14.8 Å². The number of hydrogen-bond donors (Lipinski definition) is 1. The first-order chi connectivity index (χ1) is 13.5. The summed E-state index contributed by atoms with van der Waals surface area (Å²) in [7, 11) is 1.65. The van der Waals surface area contributed by atoms with E-state index in [-0.39, 0.29) is 17.4 Å². The van der Waals surface area contributed by atoms with Crippen molar-refractivity contribution in [2.75, 3.05) is 13.2 Å². The van der Waals surface area contributed by atoms with Gasteiger partial charge in [-0.05, 0) is 56.4 Å². The molecular formula is C21H27N3O4. The number of nitrogens with one attached hydrogen (secondary N) is 1. The molecule has 0 fully saturated rings. The molecule has 1 heterocycles. The van der Waals surface area contributed by atoms with Crippen LogP contribution < -0.4 is 20.3 Å². The van der Waals surface area contributed by atoms with Gasteiger partial charge in [0.2, 0.25) is 5.91 Å². The van der Waals surface area contributed by atoms with Gasteiger partial charge in [0.15, 0.2) is 11.5 Å². The maximum atomic E-state index is 12.6. The number of carbonyl (C=O) groups excluding carboxylic acids is 1. The van der Waals surface area contributed by atoms with E-state index in [0.29, 0.717) is 44.1 Å². The molecule has 1 aromatic carbocycles. The van der Waals surface area contributed by atoms with E-state index < -0.39 is 0 Å². The summed E-state index contributed by atoms with van der Waals surface area (Å²) in [5.74, 6) is 1.25. The molecule has 1 atom stereocenters. The monoisotopic (exact) mass is 385 g/mol. The largest absolute Gasteiger partial charge is 0.490 e. The van der Waals surface area contributed by atoms with Gasteiger partial charge in [0.1, 0.15) is 0 Å². The molecule has 28 heavy (non-hydrogen) atoms. The number of hydrogen-bond acceptors (Lipinski definition) is 5. The third-order valence-electron chi connectivity index (χ3n) is 4.90. The van der Waals surface area contributed by atoms with Gasteiger partial charge in [-0.15, -0.1) is 0 Å². The van der Waals surface area contributed by atoms with Crippen LogP contribution >= 0.6 is 0 Å². The molecule has 7 heteroatoms. The van der Waals surface area contributed by atoms with E-state index in [0.717, 1.165) is 23.2 Å². The van der Waals surface area contributed by atoms with Gasteiger partial charge in [-0.1, -0.05) is 6.07 Å². The summed E-state index contributed by atoms with van der Waals surface area (Å²) in [6, 6.07) is 7.30. The molecule has 0 saturated heterocycles. The lowest BCUT2D eigenvalue weighted by Crippen LogP contribution is -2.35. The van der Waals surface area contributed by atoms with Gasteiger partial charge in [-0.3, -0.25) is 9.59 Å². The fraction of sp³-hybridized carbons (Fsp3) is 0.476. The number of rotatable bonds is 7.